The van der Waals surface area contributed by atoms with Crippen LogP contribution in [0.2, 0.25) is 0 Å². The minimum atomic E-state index is -0.386. The minimum absolute atomic E-state index is 0.292. The summed E-state index contributed by atoms with van der Waals surface area (Å²) in [4.78, 5) is 26.9. The van der Waals surface area contributed by atoms with Crippen molar-refractivity contribution >= 4 is 23.2 Å². The Hall–Kier alpha value is -3.68. The van der Waals surface area contributed by atoms with Crippen LogP contribution < -0.4 is 15.6 Å². The molecule has 8 heteroatoms. The van der Waals surface area contributed by atoms with Crippen molar-refractivity contribution in [3.8, 4) is 0 Å². The molecule has 8 nitrogen and oxygen atoms in total. The van der Waals surface area contributed by atoms with E-state index in [2.05, 4.69) is 20.9 Å². The Morgan fingerprint density at radius 3 is 2.23 bits per heavy atom. The van der Waals surface area contributed by atoms with E-state index < -0.39 is 0 Å². The lowest BCUT2D eigenvalue weighted by molar-refractivity contribution is 0.101. The van der Waals surface area contributed by atoms with Crippen LogP contribution in [0.4, 0.5) is 11.4 Å². The van der Waals surface area contributed by atoms with Gasteiger partial charge in [-0.2, -0.15) is 0 Å². The molecule has 3 rings (SSSR count). The number of nitrogens with zero attached hydrogens (tertiary/aromatic N) is 4. The number of hydrogen-bond acceptors (Lipinski definition) is 5. The number of para-hydroxylation sites is 1. The number of nitrogens with one attached hydrogen (secondary N) is 2. The number of carbonyl (C=O) groups excluding carboxylic acids is 2. The van der Waals surface area contributed by atoms with Crippen LogP contribution in [0.25, 0.3) is 0 Å². The highest BCUT2D eigenvalue weighted by molar-refractivity contribution is 6.10. The number of anilines is 2. The van der Waals surface area contributed by atoms with Crippen molar-refractivity contribution in [1.29, 1.82) is 0 Å². The molecule has 26 heavy (non-hydrogen) atoms. The number of benzene rings is 2. The van der Waals surface area contributed by atoms with E-state index in [9.17, 15) is 9.59 Å². The lowest BCUT2D eigenvalue weighted by Gasteiger charge is -2.14. The monoisotopic (exact) mass is 350 g/mol. The summed E-state index contributed by atoms with van der Waals surface area (Å²) in [7, 11) is 3.86. The van der Waals surface area contributed by atoms with E-state index in [1.807, 2.05) is 31.1 Å². The van der Waals surface area contributed by atoms with Crippen molar-refractivity contribution in [1.82, 2.24) is 14.9 Å². The third-order valence-corrected chi connectivity index (χ3v) is 3.72. The van der Waals surface area contributed by atoms with Crippen LogP contribution in [0.15, 0.2) is 61.2 Å². The van der Waals surface area contributed by atoms with E-state index in [1.165, 1.54) is 17.3 Å². The molecule has 3 aromatic rings. The molecule has 132 valence electrons. The Bertz CT molecular complexity index is 904. The zero-order chi connectivity index (χ0) is 18.5. The second-order valence-electron chi connectivity index (χ2n) is 5.75. The van der Waals surface area contributed by atoms with E-state index in [0.29, 0.717) is 16.8 Å². The molecule has 0 unspecified atom stereocenters. The molecule has 2 aromatic carbocycles. The summed E-state index contributed by atoms with van der Waals surface area (Å²) in [6.45, 7) is 0. The highest BCUT2D eigenvalue weighted by Crippen LogP contribution is 2.18. The van der Waals surface area contributed by atoms with Gasteiger partial charge in [-0.25, -0.2) is 4.68 Å². The Kier molecular flexibility index (Phi) is 4.93. The fraction of sp³-hybridized carbons (Fsp3) is 0.111. The number of hydrogen-bond donors (Lipinski definition) is 2. The van der Waals surface area contributed by atoms with Crippen LogP contribution in [0, 0.1) is 0 Å². The Morgan fingerprint density at radius 1 is 0.923 bits per heavy atom. The van der Waals surface area contributed by atoms with Gasteiger partial charge in [0.05, 0.1) is 11.3 Å². The highest BCUT2D eigenvalue weighted by atomic mass is 16.2. The summed E-state index contributed by atoms with van der Waals surface area (Å²) in [5, 5.41) is 10.0. The summed E-state index contributed by atoms with van der Waals surface area (Å²) >= 11 is 0. The molecule has 0 bridgehead atoms. The third-order valence-electron chi connectivity index (χ3n) is 3.72. The van der Waals surface area contributed by atoms with E-state index in [1.54, 1.807) is 36.4 Å². The molecule has 1 aromatic heterocycles. The van der Waals surface area contributed by atoms with Crippen LogP contribution in [-0.2, 0) is 0 Å². The quantitative estimate of drug-likeness (QED) is 0.734. The fourth-order valence-electron chi connectivity index (χ4n) is 2.33. The van der Waals surface area contributed by atoms with Crippen molar-refractivity contribution in [2.75, 3.05) is 29.7 Å². The van der Waals surface area contributed by atoms with Crippen LogP contribution in [-0.4, -0.2) is 40.8 Å². The predicted octanol–water partition coefficient (Wildman–Crippen LogP) is 1.98. The largest absolute Gasteiger partial charge is 0.378 e. The molecule has 0 aliphatic rings. The molecule has 0 saturated heterocycles. The fourth-order valence-corrected chi connectivity index (χ4v) is 2.33. The standard InChI is InChI=1S/C18H18N6O2/c1-23(2)14-9-7-13(8-10-14)17(25)21-16-6-4-3-5-15(16)18(26)22-24-11-19-20-12-24/h3-12H,1-2H3,(H,21,25)(H,22,26). The van der Waals surface area contributed by atoms with Gasteiger partial charge >= 0.3 is 0 Å². The van der Waals surface area contributed by atoms with Crippen molar-refractivity contribution in [3.05, 3.63) is 72.3 Å². The molecule has 0 spiro atoms. The molecule has 2 amide bonds. The second-order valence-corrected chi connectivity index (χ2v) is 5.75. The van der Waals surface area contributed by atoms with Gasteiger partial charge in [-0.3, -0.25) is 15.0 Å². The van der Waals surface area contributed by atoms with Gasteiger partial charge in [-0.15, -0.1) is 10.2 Å². The molecule has 0 aliphatic heterocycles. The molecule has 1 heterocycles. The van der Waals surface area contributed by atoms with E-state index >= 15 is 0 Å². The van der Waals surface area contributed by atoms with Gasteiger partial charge in [-0.1, -0.05) is 12.1 Å². The van der Waals surface area contributed by atoms with Gasteiger partial charge in [0.15, 0.2) is 0 Å². The van der Waals surface area contributed by atoms with Gasteiger partial charge in [0.2, 0.25) is 0 Å². The SMILES string of the molecule is CN(C)c1ccc(C(=O)Nc2ccccc2C(=O)Nn2cnnc2)cc1. The van der Waals surface area contributed by atoms with Crippen molar-refractivity contribution in [2.24, 2.45) is 0 Å². The Labute approximate surface area is 150 Å². The summed E-state index contributed by atoms with van der Waals surface area (Å²) in [6, 6.07) is 14.0. The lowest BCUT2D eigenvalue weighted by atomic mass is 10.1. The number of carbonyl (C=O) groups is 2. The van der Waals surface area contributed by atoms with Crippen LogP contribution >= 0.6 is 0 Å². The maximum atomic E-state index is 12.5. The van der Waals surface area contributed by atoms with Crippen LogP contribution in [0.1, 0.15) is 20.7 Å². The predicted molar refractivity (Wildman–Crippen MR) is 98.9 cm³/mol. The maximum absolute atomic E-state index is 12.5. The molecule has 0 radical (unpaired) electrons. The lowest BCUT2D eigenvalue weighted by Crippen LogP contribution is -2.23. The first-order chi connectivity index (χ1) is 12.5. The highest BCUT2D eigenvalue weighted by Gasteiger charge is 2.14. The second kappa shape index (κ2) is 7.47. The number of amides is 2. The van der Waals surface area contributed by atoms with E-state index in [0.717, 1.165) is 5.69 Å². The number of rotatable bonds is 5. The first kappa shape index (κ1) is 17.2. The first-order valence-corrected chi connectivity index (χ1v) is 7.88. The zero-order valence-electron chi connectivity index (χ0n) is 14.4. The van der Waals surface area contributed by atoms with E-state index in [-0.39, 0.29) is 11.8 Å². The molecular weight excluding hydrogens is 332 g/mol. The topological polar surface area (TPSA) is 92.2 Å². The first-order valence-electron chi connectivity index (χ1n) is 7.88. The summed E-state index contributed by atoms with van der Waals surface area (Å²) in [6.07, 6.45) is 2.73. The minimum Gasteiger partial charge on any atom is -0.378 e. The van der Waals surface area contributed by atoms with Gasteiger partial charge in [0.25, 0.3) is 11.8 Å². The van der Waals surface area contributed by atoms with E-state index in [4.69, 9.17) is 0 Å². The van der Waals surface area contributed by atoms with Crippen molar-refractivity contribution in [2.45, 2.75) is 0 Å². The molecule has 0 saturated carbocycles. The van der Waals surface area contributed by atoms with Gasteiger partial charge in [-0.05, 0) is 36.4 Å². The van der Waals surface area contributed by atoms with Gasteiger partial charge in [0, 0.05) is 25.3 Å². The normalized spacial score (nSPS) is 10.2. The van der Waals surface area contributed by atoms with Crippen molar-refractivity contribution in [3.63, 3.8) is 0 Å². The smallest absolute Gasteiger partial charge is 0.272 e. The Balaban J connectivity index is 1.77. The van der Waals surface area contributed by atoms with Gasteiger partial charge < -0.3 is 10.2 Å². The molecule has 0 aliphatic carbocycles. The summed E-state index contributed by atoms with van der Waals surface area (Å²) in [5.74, 6) is -0.677. The van der Waals surface area contributed by atoms with Gasteiger partial charge in [0.1, 0.15) is 12.7 Å². The van der Waals surface area contributed by atoms with Crippen LogP contribution in [0.5, 0.6) is 0 Å². The Morgan fingerprint density at radius 2 is 1.58 bits per heavy atom. The van der Waals surface area contributed by atoms with Crippen LogP contribution in [0.3, 0.4) is 0 Å². The average Bonchev–Trinajstić information content (AvgIpc) is 3.15. The molecule has 0 atom stereocenters. The molecule has 2 N–H and O–H groups in total. The third kappa shape index (κ3) is 3.86. The average molecular weight is 350 g/mol. The zero-order valence-corrected chi connectivity index (χ0v) is 14.4. The van der Waals surface area contributed by atoms with Crippen molar-refractivity contribution < 1.29 is 9.59 Å². The summed E-state index contributed by atoms with van der Waals surface area (Å²) in [5.41, 5.74) is 4.86. The summed E-state index contributed by atoms with van der Waals surface area (Å²) < 4.78 is 1.33. The molecular formula is C18H18N6O2. The molecule has 0 fully saturated rings. The maximum Gasteiger partial charge on any atom is 0.272 e. The number of aromatic nitrogens is 3.